The highest BCUT2D eigenvalue weighted by Crippen LogP contribution is 2.15. The van der Waals surface area contributed by atoms with Gasteiger partial charge in [0, 0.05) is 11.1 Å². The number of benzene rings is 1. The van der Waals surface area contributed by atoms with Gasteiger partial charge in [-0.1, -0.05) is 28.1 Å². The second-order valence-electron chi connectivity index (χ2n) is 3.43. The lowest BCUT2D eigenvalue weighted by Gasteiger charge is -2.09. The van der Waals surface area contributed by atoms with Gasteiger partial charge in [0.05, 0.1) is 19.3 Å². The van der Waals surface area contributed by atoms with Gasteiger partial charge in [0.25, 0.3) is 0 Å². The quantitative estimate of drug-likeness (QED) is 0.828. The Hall–Kier alpha value is -0.380. The Morgan fingerprint density at radius 3 is 3.14 bits per heavy atom. The minimum absolute atomic E-state index is 0.286. The molecule has 1 saturated heterocycles. The maximum atomic E-state index is 5.70. The third-order valence-corrected chi connectivity index (χ3v) is 2.76. The molecule has 0 aromatic heterocycles. The third-order valence-electron chi connectivity index (χ3n) is 2.26. The average Bonchev–Trinajstić information content (AvgIpc) is 2.67. The number of rotatable bonds is 3. The smallest absolute Gasteiger partial charge is 0.0834 e. The summed E-state index contributed by atoms with van der Waals surface area (Å²) in [6, 6.07) is 8.19. The van der Waals surface area contributed by atoms with Gasteiger partial charge in [-0.25, -0.2) is 0 Å². The molecule has 1 atom stereocenters. The second-order valence-corrected chi connectivity index (χ2v) is 4.34. The predicted octanol–water partition coefficient (Wildman–Crippen LogP) is 2.75. The molecular weight excluding hydrogens is 244 g/mol. The number of ether oxygens (including phenoxy) is 2. The molecule has 1 aromatic rings. The first-order chi connectivity index (χ1) is 6.84. The lowest BCUT2D eigenvalue weighted by Crippen LogP contribution is -2.11. The zero-order chi connectivity index (χ0) is 9.80. The fourth-order valence-electron chi connectivity index (χ4n) is 1.49. The summed E-state index contributed by atoms with van der Waals surface area (Å²) in [5, 5.41) is 0. The molecule has 76 valence electrons. The second kappa shape index (κ2) is 4.91. The molecule has 0 N–H and O–H groups in total. The SMILES string of the molecule is Brc1cccc(CO[C@@H]2CCOC2)c1. The molecule has 1 aliphatic heterocycles. The summed E-state index contributed by atoms with van der Waals surface area (Å²) in [7, 11) is 0. The zero-order valence-electron chi connectivity index (χ0n) is 7.91. The van der Waals surface area contributed by atoms with E-state index in [2.05, 4.69) is 28.1 Å². The Balaban J connectivity index is 1.85. The molecule has 2 rings (SSSR count). The van der Waals surface area contributed by atoms with Crippen LogP contribution >= 0.6 is 15.9 Å². The molecule has 1 heterocycles. The van der Waals surface area contributed by atoms with Crippen molar-refractivity contribution in [2.24, 2.45) is 0 Å². The molecule has 0 bridgehead atoms. The molecular formula is C11H13BrO2. The molecule has 0 saturated carbocycles. The van der Waals surface area contributed by atoms with E-state index in [0.29, 0.717) is 6.61 Å². The molecule has 0 unspecified atom stereocenters. The van der Waals surface area contributed by atoms with E-state index in [4.69, 9.17) is 9.47 Å². The minimum atomic E-state index is 0.286. The molecule has 0 radical (unpaired) electrons. The summed E-state index contributed by atoms with van der Waals surface area (Å²) < 4.78 is 12.0. The molecule has 1 aliphatic rings. The fraction of sp³-hybridized carbons (Fsp3) is 0.455. The van der Waals surface area contributed by atoms with Crippen LogP contribution in [0, 0.1) is 0 Å². The standard InChI is InChI=1S/C11H13BrO2/c12-10-3-1-2-9(6-10)7-14-11-4-5-13-8-11/h1-3,6,11H,4-5,7-8H2/t11-/m1/s1. The van der Waals surface area contributed by atoms with Gasteiger partial charge in [-0.2, -0.15) is 0 Å². The summed E-state index contributed by atoms with van der Waals surface area (Å²) in [6.45, 7) is 2.25. The number of hydrogen-bond acceptors (Lipinski definition) is 2. The van der Waals surface area contributed by atoms with E-state index in [0.717, 1.165) is 24.1 Å². The van der Waals surface area contributed by atoms with E-state index in [-0.39, 0.29) is 6.10 Å². The highest BCUT2D eigenvalue weighted by molar-refractivity contribution is 9.10. The van der Waals surface area contributed by atoms with Gasteiger partial charge in [0.15, 0.2) is 0 Å². The Labute approximate surface area is 92.3 Å². The van der Waals surface area contributed by atoms with Gasteiger partial charge in [0.1, 0.15) is 0 Å². The first kappa shape index (κ1) is 10.1. The maximum absolute atomic E-state index is 5.70. The van der Waals surface area contributed by atoms with Crippen molar-refractivity contribution in [3.05, 3.63) is 34.3 Å². The summed E-state index contributed by atoms with van der Waals surface area (Å²) in [5.74, 6) is 0. The van der Waals surface area contributed by atoms with Crippen molar-refractivity contribution in [1.82, 2.24) is 0 Å². The van der Waals surface area contributed by atoms with Gasteiger partial charge in [-0.15, -0.1) is 0 Å². The number of halogens is 1. The summed E-state index contributed by atoms with van der Waals surface area (Å²) in [4.78, 5) is 0. The van der Waals surface area contributed by atoms with Gasteiger partial charge < -0.3 is 9.47 Å². The van der Waals surface area contributed by atoms with Gasteiger partial charge in [-0.3, -0.25) is 0 Å². The van der Waals surface area contributed by atoms with Crippen LogP contribution in [0.3, 0.4) is 0 Å². The van der Waals surface area contributed by atoms with Crippen molar-refractivity contribution in [1.29, 1.82) is 0 Å². The zero-order valence-corrected chi connectivity index (χ0v) is 9.50. The van der Waals surface area contributed by atoms with Crippen molar-refractivity contribution in [3.8, 4) is 0 Å². The molecule has 0 amide bonds. The van der Waals surface area contributed by atoms with Crippen LogP contribution < -0.4 is 0 Å². The molecule has 1 fully saturated rings. The summed E-state index contributed by atoms with van der Waals surface area (Å²) >= 11 is 3.44. The van der Waals surface area contributed by atoms with Gasteiger partial charge in [-0.05, 0) is 24.1 Å². The number of hydrogen-bond donors (Lipinski definition) is 0. The topological polar surface area (TPSA) is 18.5 Å². The molecule has 0 spiro atoms. The van der Waals surface area contributed by atoms with E-state index in [9.17, 15) is 0 Å². The monoisotopic (exact) mass is 256 g/mol. The predicted molar refractivity (Wildman–Crippen MR) is 58.2 cm³/mol. The van der Waals surface area contributed by atoms with E-state index in [1.54, 1.807) is 0 Å². The summed E-state index contributed by atoms with van der Waals surface area (Å²) in [6.07, 6.45) is 1.31. The van der Waals surface area contributed by atoms with Crippen LogP contribution in [0.4, 0.5) is 0 Å². The van der Waals surface area contributed by atoms with Crippen LogP contribution in [0.2, 0.25) is 0 Å². The van der Waals surface area contributed by atoms with Crippen LogP contribution in [0.5, 0.6) is 0 Å². The first-order valence-corrected chi connectivity index (χ1v) is 5.58. The Kier molecular flexibility index (Phi) is 3.56. The summed E-state index contributed by atoms with van der Waals surface area (Å²) in [5.41, 5.74) is 1.20. The van der Waals surface area contributed by atoms with Gasteiger partial charge >= 0.3 is 0 Å². The molecule has 14 heavy (non-hydrogen) atoms. The van der Waals surface area contributed by atoms with Crippen molar-refractivity contribution in [3.63, 3.8) is 0 Å². The third kappa shape index (κ3) is 2.80. The van der Waals surface area contributed by atoms with Crippen LogP contribution in [0.15, 0.2) is 28.7 Å². The molecule has 0 aliphatic carbocycles. The molecule has 3 heteroatoms. The Bertz CT molecular complexity index is 295. The lowest BCUT2D eigenvalue weighted by molar-refractivity contribution is 0.0317. The Morgan fingerprint density at radius 2 is 2.43 bits per heavy atom. The maximum Gasteiger partial charge on any atom is 0.0834 e. The van der Waals surface area contributed by atoms with E-state index >= 15 is 0 Å². The van der Waals surface area contributed by atoms with E-state index < -0.39 is 0 Å². The highest BCUT2D eigenvalue weighted by atomic mass is 79.9. The largest absolute Gasteiger partial charge is 0.379 e. The van der Waals surface area contributed by atoms with Crippen molar-refractivity contribution in [2.45, 2.75) is 19.1 Å². The lowest BCUT2D eigenvalue weighted by atomic mass is 10.2. The van der Waals surface area contributed by atoms with Crippen LogP contribution in [0.25, 0.3) is 0 Å². The molecule has 1 aromatic carbocycles. The van der Waals surface area contributed by atoms with Crippen molar-refractivity contribution in [2.75, 3.05) is 13.2 Å². The van der Waals surface area contributed by atoms with Gasteiger partial charge in [0.2, 0.25) is 0 Å². The average molecular weight is 257 g/mol. The van der Waals surface area contributed by atoms with Crippen LogP contribution in [0.1, 0.15) is 12.0 Å². The van der Waals surface area contributed by atoms with Crippen molar-refractivity contribution < 1.29 is 9.47 Å². The van der Waals surface area contributed by atoms with Crippen molar-refractivity contribution >= 4 is 15.9 Å². The Morgan fingerprint density at radius 1 is 1.50 bits per heavy atom. The van der Waals surface area contributed by atoms with Crippen LogP contribution in [-0.4, -0.2) is 19.3 Å². The first-order valence-electron chi connectivity index (χ1n) is 4.78. The normalized spacial score (nSPS) is 21.4. The highest BCUT2D eigenvalue weighted by Gasteiger charge is 2.15. The van der Waals surface area contributed by atoms with Crippen LogP contribution in [-0.2, 0) is 16.1 Å². The van der Waals surface area contributed by atoms with E-state index in [1.807, 2.05) is 12.1 Å². The molecule has 2 nitrogen and oxygen atoms in total. The van der Waals surface area contributed by atoms with E-state index in [1.165, 1.54) is 5.56 Å². The minimum Gasteiger partial charge on any atom is -0.379 e. The fourth-order valence-corrected chi connectivity index (χ4v) is 1.93.